The van der Waals surface area contributed by atoms with Gasteiger partial charge in [-0.1, -0.05) is 54.6 Å². The lowest BCUT2D eigenvalue weighted by Gasteiger charge is -2.24. The van der Waals surface area contributed by atoms with Gasteiger partial charge in [0.15, 0.2) is 12.4 Å². The number of ether oxygens (including phenoxy) is 2. The van der Waals surface area contributed by atoms with Gasteiger partial charge in [0, 0.05) is 12.0 Å². The highest BCUT2D eigenvalue weighted by atomic mass is 16.5. The molecule has 0 saturated carbocycles. The van der Waals surface area contributed by atoms with Crippen LogP contribution in [0.2, 0.25) is 0 Å². The standard InChI is InChI=1S/C26H21NO6/c1-32-19-11-7-10-18(15-19)23(28)16-33-26(31)22(14-17-8-3-2-4-9-17)27-24(29)20-12-5-6-13-21(20)25(27)30/h2-13,15,22H,14,16H2,1H3/t22-/m1/s1. The number of methoxy groups -OCH3 is 1. The van der Waals surface area contributed by atoms with E-state index in [1.165, 1.54) is 7.11 Å². The number of amides is 2. The van der Waals surface area contributed by atoms with Crippen molar-refractivity contribution in [3.63, 3.8) is 0 Å². The molecule has 3 aromatic carbocycles. The maximum Gasteiger partial charge on any atom is 0.330 e. The molecule has 0 N–H and O–H groups in total. The van der Waals surface area contributed by atoms with Crippen LogP contribution in [0.25, 0.3) is 0 Å². The van der Waals surface area contributed by atoms with Crippen LogP contribution in [-0.2, 0) is 16.0 Å². The maximum absolute atomic E-state index is 13.1. The largest absolute Gasteiger partial charge is 0.497 e. The summed E-state index contributed by atoms with van der Waals surface area (Å²) in [5, 5.41) is 0. The zero-order valence-electron chi connectivity index (χ0n) is 17.9. The molecule has 33 heavy (non-hydrogen) atoms. The number of rotatable bonds is 8. The molecule has 1 aliphatic rings. The molecule has 0 radical (unpaired) electrons. The van der Waals surface area contributed by atoms with E-state index in [1.54, 1.807) is 72.8 Å². The van der Waals surface area contributed by atoms with Crippen molar-refractivity contribution in [2.75, 3.05) is 13.7 Å². The van der Waals surface area contributed by atoms with Crippen LogP contribution in [-0.4, -0.2) is 48.2 Å². The molecule has 2 amide bonds. The highest BCUT2D eigenvalue weighted by molar-refractivity contribution is 6.22. The lowest BCUT2D eigenvalue weighted by Crippen LogP contribution is -2.47. The predicted octanol–water partition coefficient (Wildman–Crippen LogP) is 3.33. The SMILES string of the molecule is COc1cccc(C(=O)COC(=O)[C@@H](Cc2ccccc2)N2C(=O)c3ccccc3C2=O)c1. The second-order valence-corrected chi connectivity index (χ2v) is 7.49. The number of ketones is 1. The van der Waals surface area contributed by atoms with Crippen LogP contribution in [0, 0.1) is 0 Å². The third kappa shape index (κ3) is 4.52. The van der Waals surface area contributed by atoms with E-state index in [9.17, 15) is 19.2 Å². The van der Waals surface area contributed by atoms with E-state index in [4.69, 9.17) is 9.47 Å². The van der Waals surface area contributed by atoms with Crippen LogP contribution < -0.4 is 4.74 Å². The number of Topliss-reactive ketones (excluding diaryl/α,β-unsaturated/α-hetero) is 1. The summed E-state index contributed by atoms with van der Waals surface area (Å²) in [5.41, 5.74) is 1.54. The molecule has 0 aromatic heterocycles. The summed E-state index contributed by atoms with van der Waals surface area (Å²) in [7, 11) is 1.49. The molecule has 1 aliphatic heterocycles. The van der Waals surface area contributed by atoms with E-state index >= 15 is 0 Å². The Hall–Kier alpha value is -4.26. The highest BCUT2D eigenvalue weighted by Crippen LogP contribution is 2.26. The first kappa shape index (κ1) is 22.0. The first-order chi connectivity index (χ1) is 16.0. The zero-order valence-corrected chi connectivity index (χ0v) is 17.9. The Morgan fingerprint density at radius 1 is 0.848 bits per heavy atom. The Morgan fingerprint density at radius 2 is 1.48 bits per heavy atom. The Balaban J connectivity index is 1.56. The van der Waals surface area contributed by atoms with Crippen molar-refractivity contribution in [1.29, 1.82) is 0 Å². The van der Waals surface area contributed by atoms with E-state index in [0.717, 1.165) is 10.5 Å². The number of esters is 1. The summed E-state index contributed by atoms with van der Waals surface area (Å²) < 4.78 is 10.4. The van der Waals surface area contributed by atoms with Crippen LogP contribution in [0.5, 0.6) is 5.75 Å². The lowest BCUT2D eigenvalue weighted by molar-refractivity contribution is -0.147. The number of carbonyl (C=O) groups is 4. The lowest BCUT2D eigenvalue weighted by atomic mass is 10.0. The minimum Gasteiger partial charge on any atom is -0.497 e. The van der Waals surface area contributed by atoms with Gasteiger partial charge in [-0.05, 0) is 29.8 Å². The Bertz CT molecular complexity index is 1190. The monoisotopic (exact) mass is 443 g/mol. The average molecular weight is 443 g/mol. The molecule has 166 valence electrons. The van der Waals surface area contributed by atoms with Gasteiger partial charge in [0.1, 0.15) is 11.8 Å². The zero-order chi connectivity index (χ0) is 23.4. The molecule has 0 saturated heterocycles. The molecule has 0 bridgehead atoms. The van der Waals surface area contributed by atoms with Gasteiger partial charge in [0.05, 0.1) is 18.2 Å². The minimum atomic E-state index is -1.21. The molecular weight excluding hydrogens is 422 g/mol. The van der Waals surface area contributed by atoms with Crippen molar-refractivity contribution in [2.45, 2.75) is 12.5 Å². The molecule has 0 aliphatic carbocycles. The number of hydrogen-bond donors (Lipinski definition) is 0. The first-order valence-corrected chi connectivity index (χ1v) is 10.3. The van der Waals surface area contributed by atoms with Crippen LogP contribution in [0.1, 0.15) is 36.6 Å². The van der Waals surface area contributed by atoms with Crippen LogP contribution >= 0.6 is 0 Å². The van der Waals surface area contributed by atoms with Crippen molar-refractivity contribution < 1.29 is 28.7 Å². The minimum absolute atomic E-state index is 0.0679. The van der Waals surface area contributed by atoms with Crippen molar-refractivity contribution in [3.05, 3.63) is 101 Å². The van der Waals surface area contributed by atoms with Gasteiger partial charge in [0.2, 0.25) is 0 Å². The summed E-state index contributed by atoms with van der Waals surface area (Å²) in [4.78, 5) is 52.5. The topological polar surface area (TPSA) is 90.0 Å². The Labute approximate surface area is 190 Å². The molecule has 7 heteroatoms. The normalized spacial score (nSPS) is 13.4. The van der Waals surface area contributed by atoms with Crippen LogP contribution in [0.15, 0.2) is 78.9 Å². The third-order valence-corrected chi connectivity index (χ3v) is 5.42. The van der Waals surface area contributed by atoms with Crippen molar-refractivity contribution >= 4 is 23.6 Å². The van der Waals surface area contributed by atoms with Gasteiger partial charge in [-0.15, -0.1) is 0 Å². The molecule has 1 atom stereocenters. The van der Waals surface area contributed by atoms with Crippen LogP contribution in [0.3, 0.4) is 0 Å². The first-order valence-electron chi connectivity index (χ1n) is 10.3. The molecule has 7 nitrogen and oxygen atoms in total. The second kappa shape index (κ2) is 9.48. The Kier molecular flexibility index (Phi) is 6.31. The maximum atomic E-state index is 13.1. The van der Waals surface area contributed by atoms with E-state index in [-0.39, 0.29) is 17.5 Å². The van der Waals surface area contributed by atoms with Gasteiger partial charge in [-0.2, -0.15) is 0 Å². The molecular formula is C26H21NO6. The molecule has 0 unspecified atom stereocenters. The van der Waals surface area contributed by atoms with Crippen LogP contribution in [0.4, 0.5) is 0 Å². The van der Waals surface area contributed by atoms with E-state index in [0.29, 0.717) is 11.3 Å². The van der Waals surface area contributed by atoms with E-state index < -0.39 is 36.2 Å². The quantitative estimate of drug-likeness (QED) is 0.301. The summed E-state index contributed by atoms with van der Waals surface area (Å²) in [6, 6.07) is 20.7. The van der Waals surface area contributed by atoms with Gasteiger partial charge in [-0.3, -0.25) is 19.3 Å². The second-order valence-electron chi connectivity index (χ2n) is 7.49. The fraction of sp³-hybridized carbons (Fsp3) is 0.154. The molecule has 0 spiro atoms. The van der Waals surface area contributed by atoms with Gasteiger partial charge < -0.3 is 9.47 Å². The van der Waals surface area contributed by atoms with E-state index in [2.05, 4.69) is 0 Å². The summed E-state index contributed by atoms with van der Waals surface area (Å²) >= 11 is 0. The molecule has 3 aromatic rings. The summed E-state index contributed by atoms with van der Waals surface area (Å²) in [6.45, 7) is -0.527. The molecule has 0 fully saturated rings. The number of hydrogen-bond acceptors (Lipinski definition) is 6. The van der Waals surface area contributed by atoms with Gasteiger partial charge in [-0.25, -0.2) is 4.79 Å². The number of nitrogens with zero attached hydrogens (tertiary/aromatic N) is 1. The average Bonchev–Trinajstić information content (AvgIpc) is 3.11. The van der Waals surface area contributed by atoms with Crippen molar-refractivity contribution in [2.24, 2.45) is 0 Å². The molecule has 1 heterocycles. The number of fused-ring (bicyclic) bond motifs is 1. The van der Waals surface area contributed by atoms with Gasteiger partial charge >= 0.3 is 5.97 Å². The smallest absolute Gasteiger partial charge is 0.330 e. The predicted molar refractivity (Wildman–Crippen MR) is 119 cm³/mol. The van der Waals surface area contributed by atoms with Crippen molar-refractivity contribution in [1.82, 2.24) is 4.90 Å². The summed E-state index contributed by atoms with van der Waals surface area (Å²) in [5.74, 6) is -1.88. The Morgan fingerprint density at radius 3 is 2.12 bits per heavy atom. The number of imide groups is 1. The highest BCUT2D eigenvalue weighted by Gasteiger charge is 2.43. The fourth-order valence-corrected chi connectivity index (χ4v) is 3.72. The van der Waals surface area contributed by atoms with Crippen molar-refractivity contribution in [3.8, 4) is 5.75 Å². The van der Waals surface area contributed by atoms with E-state index in [1.807, 2.05) is 6.07 Å². The number of benzene rings is 3. The third-order valence-electron chi connectivity index (χ3n) is 5.42. The summed E-state index contributed by atoms with van der Waals surface area (Å²) in [6.07, 6.45) is 0.0679. The fourth-order valence-electron chi connectivity index (χ4n) is 3.72. The molecule has 4 rings (SSSR count). The van der Waals surface area contributed by atoms with Gasteiger partial charge in [0.25, 0.3) is 11.8 Å². The number of carbonyl (C=O) groups excluding carboxylic acids is 4.